The predicted octanol–water partition coefficient (Wildman–Crippen LogP) is 14.5. The Bertz CT molecular complexity index is 2870. The second-order valence-electron chi connectivity index (χ2n) is 18.4. The van der Waals surface area contributed by atoms with Crippen LogP contribution >= 0.6 is 0 Å². The number of benzene rings is 7. The molecule has 6 nitrogen and oxygen atoms in total. The summed E-state index contributed by atoms with van der Waals surface area (Å²) in [6, 6.07) is 71.5. The number of aromatic nitrogens is 4. The summed E-state index contributed by atoms with van der Waals surface area (Å²) in [6.07, 6.45) is 12.0. The Labute approximate surface area is 396 Å². The van der Waals surface area contributed by atoms with Crippen LogP contribution in [0.15, 0.2) is 213 Å². The fourth-order valence-corrected chi connectivity index (χ4v) is 10.4. The minimum absolute atomic E-state index is 0.0224. The van der Waals surface area contributed by atoms with Crippen LogP contribution in [-0.2, 0) is 18.6 Å². The van der Waals surface area contributed by atoms with Gasteiger partial charge in [-0.2, -0.15) is 0 Å². The molecular formula is C61H60N6. The minimum Gasteiger partial charge on any atom is -0.341 e. The van der Waals surface area contributed by atoms with Gasteiger partial charge in [-0.05, 0) is 68.8 Å². The van der Waals surface area contributed by atoms with Crippen LogP contribution in [0.1, 0.15) is 85.2 Å². The van der Waals surface area contributed by atoms with Crippen molar-refractivity contribution in [3.8, 4) is 44.8 Å². The van der Waals surface area contributed by atoms with Crippen LogP contribution in [-0.4, -0.2) is 19.9 Å². The fourth-order valence-electron chi connectivity index (χ4n) is 10.4. The summed E-state index contributed by atoms with van der Waals surface area (Å²) in [7, 11) is 0. The van der Waals surface area contributed by atoms with E-state index in [9.17, 15) is 0 Å². The van der Waals surface area contributed by atoms with Crippen molar-refractivity contribution >= 4 is 0 Å². The first-order chi connectivity index (χ1) is 33.2. The number of hydrogen-bond donors (Lipinski definition) is 4. The van der Waals surface area contributed by atoms with Crippen LogP contribution in [0, 0.1) is 5.92 Å². The molecule has 1 fully saturated rings. The highest BCUT2D eigenvalue weighted by atomic mass is 15.1. The maximum Gasteiger partial charge on any atom is 0.127 e. The summed E-state index contributed by atoms with van der Waals surface area (Å²) in [4.78, 5) is 18.5. The summed E-state index contributed by atoms with van der Waals surface area (Å²) >= 11 is 0. The lowest BCUT2D eigenvalue weighted by Crippen LogP contribution is -2.50. The Balaban J connectivity index is 1.07. The molecule has 1 aliphatic carbocycles. The predicted molar refractivity (Wildman–Crippen MR) is 275 cm³/mol. The van der Waals surface area contributed by atoms with Gasteiger partial charge in [-0.3, -0.25) is 0 Å². The monoisotopic (exact) mass is 876 g/mol. The van der Waals surface area contributed by atoms with Crippen LogP contribution in [0.3, 0.4) is 0 Å². The molecule has 1 saturated carbocycles. The van der Waals surface area contributed by atoms with E-state index in [1.807, 2.05) is 6.20 Å². The number of nitrogens with zero attached hydrogens (tertiary/aromatic N) is 2. The molecule has 0 bridgehead atoms. The molecule has 3 atom stereocenters. The second-order valence-corrected chi connectivity index (χ2v) is 18.4. The smallest absolute Gasteiger partial charge is 0.127 e. The molecule has 2 heterocycles. The van der Waals surface area contributed by atoms with Gasteiger partial charge in [0, 0.05) is 19.0 Å². The molecule has 0 radical (unpaired) electrons. The number of H-pyrrole nitrogens is 2. The van der Waals surface area contributed by atoms with E-state index in [1.54, 1.807) is 0 Å². The van der Waals surface area contributed by atoms with Crippen molar-refractivity contribution in [1.29, 1.82) is 0 Å². The van der Waals surface area contributed by atoms with E-state index in [-0.39, 0.29) is 12.0 Å². The van der Waals surface area contributed by atoms with E-state index in [2.05, 4.69) is 227 Å². The first-order valence-corrected chi connectivity index (χ1v) is 24.2. The first kappa shape index (κ1) is 43.8. The fraction of sp³-hybridized carbons (Fsp3) is 0.213. The van der Waals surface area contributed by atoms with Gasteiger partial charge in [-0.1, -0.05) is 232 Å². The van der Waals surface area contributed by atoms with Gasteiger partial charge in [0.25, 0.3) is 0 Å². The van der Waals surface area contributed by atoms with Crippen LogP contribution in [0.25, 0.3) is 44.8 Å². The van der Waals surface area contributed by atoms with Crippen molar-refractivity contribution in [3.63, 3.8) is 0 Å². The molecule has 9 aromatic rings. The zero-order chi connectivity index (χ0) is 45.1. The highest BCUT2D eigenvalue weighted by molar-refractivity contribution is 5.70. The van der Waals surface area contributed by atoms with Gasteiger partial charge in [0.15, 0.2) is 0 Å². The lowest BCUT2D eigenvalue weighted by molar-refractivity contribution is 0.157. The van der Waals surface area contributed by atoms with Crippen LogP contribution in [0.4, 0.5) is 0 Å². The van der Waals surface area contributed by atoms with Crippen LogP contribution in [0.2, 0.25) is 0 Å². The Morgan fingerprint density at radius 1 is 0.478 bits per heavy atom. The third kappa shape index (κ3) is 10.5. The van der Waals surface area contributed by atoms with Crippen molar-refractivity contribution in [1.82, 2.24) is 30.6 Å². The summed E-state index contributed by atoms with van der Waals surface area (Å²) < 4.78 is 0. The highest BCUT2D eigenvalue weighted by Crippen LogP contribution is 2.48. The third-order valence-corrected chi connectivity index (χ3v) is 14.0. The van der Waals surface area contributed by atoms with E-state index < -0.39 is 5.54 Å². The van der Waals surface area contributed by atoms with Gasteiger partial charge in [0.05, 0.1) is 35.4 Å². The maximum atomic E-state index is 5.45. The van der Waals surface area contributed by atoms with Crippen molar-refractivity contribution in [3.05, 3.63) is 241 Å². The van der Waals surface area contributed by atoms with Gasteiger partial charge in [0.1, 0.15) is 11.6 Å². The van der Waals surface area contributed by atoms with Crippen molar-refractivity contribution in [2.24, 2.45) is 5.92 Å². The number of rotatable bonds is 18. The molecule has 0 aliphatic heterocycles. The van der Waals surface area contributed by atoms with Gasteiger partial charge < -0.3 is 20.6 Å². The Morgan fingerprint density at radius 3 is 1.51 bits per heavy atom. The van der Waals surface area contributed by atoms with Gasteiger partial charge >= 0.3 is 0 Å². The van der Waals surface area contributed by atoms with E-state index in [4.69, 9.17) is 9.97 Å². The molecule has 0 saturated heterocycles. The topological polar surface area (TPSA) is 81.4 Å². The quantitative estimate of drug-likeness (QED) is 0.0692. The zero-order valence-electron chi connectivity index (χ0n) is 38.2. The maximum absolute atomic E-state index is 5.45. The van der Waals surface area contributed by atoms with E-state index in [0.717, 1.165) is 47.0 Å². The summed E-state index contributed by atoms with van der Waals surface area (Å²) in [6.45, 7) is 1.40. The second kappa shape index (κ2) is 21.0. The molecular weight excluding hydrogens is 817 g/mol. The molecule has 6 heteroatoms. The lowest BCUT2D eigenvalue weighted by Gasteiger charge is -2.45. The van der Waals surface area contributed by atoms with Crippen molar-refractivity contribution in [2.75, 3.05) is 0 Å². The molecule has 7 aromatic carbocycles. The molecule has 334 valence electrons. The largest absolute Gasteiger partial charge is 0.341 e. The normalized spacial score (nSPS) is 14.9. The number of hydrogen-bond acceptors (Lipinski definition) is 4. The zero-order valence-corrected chi connectivity index (χ0v) is 38.2. The Morgan fingerprint density at radius 2 is 0.940 bits per heavy atom. The Kier molecular flexibility index (Phi) is 13.7. The van der Waals surface area contributed by atoms with E-state index >= 15 is 0 Å². The average molecular weight is 877 g/mol. The minimum atomic E-state index is -0.587. The highest BCUT2D eigenvalue weighted by Gasteiger charge is 2.46. The molecule has 4 N–H and O–H groups in total. The first-order valence-electron chi connectivity index (χ1n) is 24.2. The van der Waals surface area contributed by atoms with Crippen molar-refractivity contribution in [2.45, 2.75) is 75.5 Å². The molecule has 67 heavy (non-hydrogen) atoms. The van der Waals surface area contributed by atoms with E-state index in [0.29, 0.717) is 19.0 Å². The van der Waals surface area contributed by atoms with Crippen LogP contribution in [0.5, 0.6) is 0 Å². The molecule has 1 aliphatic rings. The molecule has 0 amide bonds. The van der Waals surface area contributed by atoms with Gasteiger partial charge in [-0.25, -0.2) is 9.97 Å². The number of nitrogens with one attached hydrogen (secondary N) is 4. The SMILES string of the molecule is c1ccc(CNC(CC(c2ccccc2)[C@](CC2CCCCC2)(NCc2ccccc2)c2ncc(-c3ccc(-c4ccccc4)cc3)[nH]2)c2ncc(-c3ccc(-c4ccccc4)cc3)[nH]2)cc1. The molecule has 0 spiro atoms. The molecule has 2 aromatic heterocycles. The summed E-state index contributed by atoms with van der Waals surface area (Å²) in [5, 5.41) is 8.38. The third-order valence-electron chi connectivity index (χ3n) is 14.0. The molecule has 10 rings (SSSR count). The van der Waals surface area contributed by atoms with Crippen molar-refractivity contribution < 1.29 is 0 Å². The standard InChI is InChI=1S/C61H60N6/c1-7-19-45(20-8-1)40-61(65-42-47-23-11-3-12-24-47,60-64-44-58(67-60)54-37-33-51(34-38-54)49-27-15-5-16-28-49)55(52-29-17-6-18-30-52)39-56(62-41-46-21-9-2-10-22-46)59-63-43-57(66-59)53-35-31-50(32-36-53)48-25-13-4-14-26-48/h2-6,9-18,21-38,43-45,55-56,62,65H,1,7-8,19-20,39-42H2,(H,63,66)(H,64,67)/t55?,56?,61-/m0/s1. The van der Waals surface area contributed by atoms with Crippen LogP contribution < -0.4 is 10.6 Å². The van der Waals surface area contributed by atoms with Gasteiger partial charge in [0.2, 0.25) is 0 Å². The summed E-state index contributed by atoms with van der Waals surface area (Å²) in [5.41, 5.74) is 12.2. The number of aromatic amines is 2. The number of imidazole rings is 2. The summed E-state index contributed by atoms with van der Waals surface area (Å²) in [5.74, 6) is 2.41. The lowest BCUT2D eigenvalue weighted by atomic mass is 9.68. The molecule has 2 unspecified atom stereocenters. The average Bonchev–Trinajstić information content (AvgIpc) is 4.12. The van der Waals surface area contributed by atoms with Gasteiger partial charge in [-0.15, -0.1) is 0 Å². The van der Waals surface area contributed by atoms with E-state index in [1.165, 1.54) is 71.0 Å². The Hall–Kier alpha value is -7.12.